The second-order valence-corrected chi connectivity index (χ2v) is 4.23. The van der Waals surface area contributed by atoms with Crippen molar-refractivity contribution in [2.75, 3.05) is 6.61 Å². The molecule has 3 unspecified atom stereocenters. The number of hydrogen-bond acceptors (Lipinski definition) is 3. The molecule has 1 aliphatic rings. The topological polar surface area (TPSA) is 64.3 Å². The van der Waals surface area contributed by atoms with Crippen LogP contribution in [0.1, 0.15) is 39.5 Å². The predicted octanol–water partition coefficient (Wildman–Crippen LogP) is 0.797. The smallest absolute Gasteiger partial charge is 0.249 e. The third-order valence-corrected chi connectivity index (χ3v) is 2.85. The fraction of sp³-hybridized carbons (Fsp3) is 0.909. The number of carbonyl (C=O) groups excluding carboxylic acids is 1. The Hall–Kier alpha value is -0.610. The van der Waals surface area contributed by atoms with Gasteiger partial charge in [0.15, 0.2) is 0 Å². The lowest BCUT2D eigenvalue weighted by Gasteiger charge is -2.28. The van der Waals surface area contributed by atoms with E-state index in [1.54, 1.807) is 6.92 Å². The summed E-state index contributed by atoms with van der Waals surface area (Å²) in [5, 5.41) is 2.99. The number of carbonyl (C=O) groups is 1. The molecular weight excluding hydrogens is 192 g/mol. The van der Waals surface area contributed by atoms with Gasteiger partial charge in [-0.1, -0.05) is 0 Å². The van der Waals surface area contributed by atoms with Crippen molar-refractivity contribution in [3.8, 4) is 0 Å². The van der Waals surface area contributed by atoms with E-state index in [1.807, 2.05) is 6.92 Å². The molecule has 0 radical (unpaired) electrons. The Labute approximate surface area is 91.5 Å². The molecule has 0 bridgehead atoms. The van der Waals surface area contributed by atoms with Crippen molar-refractivity contribution in [1.29, 1.82) is 0 Å². The molecule has 0 spiro atoms. The molecule has 1 saturated carbocycles. The summed E-state index contributed by atoms with van der Waals surface area (Å²) in [5.74, 6) is -0.0176. The Morgan fingerprint density at radius 1 is 1.60 bits per heavy atom. The summed E-state index contributed by atoms with van der Waals surface area (Å²) in [6.45, 7) is 4.24. The van der Waals surface area contributed by atoms with Crippen LogP contribution in [0.3, 0.4) is 0 Å². The molecule has 1 amide bonds. The van der Waals surface area contributed by atoms with Crippen molar-refractivity contribution in [2.24, 2.45) is 5.73 Å². The van der Waals surface area contributed by atoms with Crippen molar-refractivity contribution in [3.63, 3.8) is 0 Å². The van der Waals surface area contributed by atoms with Crippen LogP contribution in [0.2, 0.25) is 0 Å². The Morgan fingerprint density at radius 3 is 2.93 bits per heavy atom. The Kier molecular flexibility index (Phi) is 5.05. The van der Waals surface area contributed by atoms with E-state index in [4.69, 9.17) is 10.5 Å². The first-order chi connectivity index (χ1) is 7.13. The highest BCUT2D eigenvalue weighted by Crippen LogP contribution is 2.16. The molecule has 3 atom stereocenters. The highest BCUT2D eigenvalue weighted by molar-refractivity contribution is 5.80. The molecule has 1 rings (SSSR count). The van der Waals surface area contributed by atoms with Gasteiger partial charge in [0.05, 0.1) is 0 Å². The van der Waals surface area contributed by atoms with Crippen molar-refractivity contribution in [3.05, 3.63) is 0 Å². The summed E-state index contributed by atoms with van der Waals surface area (Å²) in [4.78, 5) is 11.6. The molecule has 0 aromatic heterocycles. The highest BCUT2D eigenvalue weighted by Gasteiger charge is 2.22. The highest BCUT2D eigenvalue weighted by atomic mass is 16.5. The summed E-state index contributed by atoms with van der Waals surface area (Å²) in [6, 6.07) is 0.482. The largest absolute Gasteiger partial charge is 0.369 e. The first kappa shape index (κ1) is 12.5. The van der Waals surface area contributed by atoms with Gasteiger partial charge in [-0.25, -0.2) is 0 Å². The van der Waals surface area contributed by atoms with Crippen LogP contribution in [0.25, 0.3) is 0 Å². The Balaban J connectivity index is 2.30. The zero-order valence-corrected chi connectivity index (χ0v) is 9.66. The van der Waals surface area contributed by atoms with Crippen LogP contribution in [0, 0.1) is 0 Å². The summed E-state index contributed by atoms with van der Waals surface area (Å²) in [7, 11) is 0. The van der Waals surface area contributed by atoms with Crippen LogP contribution < -0.4 is 11.1 Å². The first-order valence-electron chi connectivity index (χ1n) is 5.81. The van der Waals surface area contributed by atoms with E-state index < -0.39 is 0 Å². The number of nitrogens with one attached hydrogen (secondary N) is 1. The molecule has 0 aromatic rings. The molecule has 0 heterocycles. The molecular formula is C11H22N2O2. The first-order valence-corrected chi connectivity index (χ1v) is 5.81. The Morgan fingerprint density at radius 2 is 2.33 bits per heavy atom. The summed E-state index contributed by atoms with van der Waals surface area (Å²) in [5.41, 5.74) is 5.85. The number of nitrogens with two attached hydrogens (primary N) is 1. The molecule has 15 heavy (non-hydrogen) atoms. The molecule has 0 aliphatic heterocycles. The molecule has 0 saturated heterocycles. The normalized spacial score (nSPS) is 28.5. The van der Waals surface area contributed by atoms with Crippen molar-refractivity contribution in [1.82, 2.24) is 5.32 Å². The van der Waals surface area contributed by atoms with Gasteiger partial charge >= 0.3 is 0 Å². The molecule has 4 heteroatoms. The van der Waals surface area contributed by atoms with Gasteiger partial charge in [-0.2, -0.15) is 0 Å². The van der Waals surface area contributed by atoms with Crippen LogP contribution in [0.5, 0.6) is 0 Å². The standard InChI is InChI=1S/C11H22N2O2/c1-3-15-8(2)11(14)13-10-6-4-5-9(12)7-10/h8-10H,3-7,12H2,1-2H3,(H,13,14). The van der Waals surface area contributed by atoms with E-state index in [0.717, 1.165) is 25.7 Å². The SMILES string of the molecule is CCOC(C)C(=O)NC1CCCC(N)C1. The van der Waals surface area contributed by atoms with Crippen LogP contribution in [0.15, 0.2) is 0 Å². The van der Waals surface area contributed by atoms with Gasteiger partial charge in [0, 0.05) is 18.7 Å². The minimum Gasteiger partial charge on any atom is -0.369 e. The summed E-state index contributed by atoms with van der Waals surface area (Å²) >= 11 is 0. The number of amides is 1. The van der Waals surface area contributed by atoms with E-state index in [9.17, 15) is 4.79 Å². The van der Waals surface area contributed by atoms with Crippen LogP contribution in [-0.2, 0) is 9.53 Å². The quantitative estimate of drug-likeness (QED) is 0.727. The minimum absolute atomic E-state index is 0.0176. The molecule has 88 valence electrons. The zero-order chi connectivity index (χ0) is 11.3. The zero-order valence-electron chi connectivity index (χ0n) is 9.66. The lowest BCUT2D eigenvalue weighted by atomic mass is 9.91. The molecule has 3 N–H and O–H groups in total. The third-order valence-electron chi connectivity index (χ3n) is 2.85. The van der Waals surface area contributed by atoms with E-state index in [1.165, 1.54) is 0 Å². The average Bonchev–Trinajstić information content (AvgIpc) is 2.18. The molecule has 4 nitrogen and oxygen atoms in total. The maximum atomic E-state index is 11.6. The second-order valence-electron chi connectivity index (χ2n) is 4.23. The average molecular weight is 214 g/mol. The minimum atomic E-state index is -0.354. The van der Waals surface area contributed by atoms with Crippen molar-refractivity contribution < 1.29 is 9.53 Å². The van der Waals surface area contributed by atoms with Crippen molar-refractivity contribution in [2.45, 2.75) is 57.7 Å². The molecule has 0 aromatic carbocycles. The summed E-state index contributed by atoms with van der Waals surface area (Å²) in [6.07, 6.45) is 3.76. The van der Waals surface area contributed by atoms with Crippen molar-refractivity contribution >= 4 is 5.91 Å². The van der Waals surface area contributed by atoms with Gasteiger partial charge in [0.1, 0.15) is 6.10 Å². The number of ether oxygens (including phenoxy) is 1. The van der Waals surface area contributed by atoms with E-state index in [2.05, 4.69) is 5.32 Å². The van der Waals surface area contributed by atoms with Crippen LogP contribution in [-0.4, -0.2) is 30.7 Å². The number of hydrogen-bond donors (Lipinski definition) is 2. The van der Waals surface area contributed by atoms with Gasteiger partial charge in [0.25, 0.3) is 0 Å². The van der Waals surface area contributed by atoms with Gasteiger partial charge in [0.2, 0.25) is 5.91 Å². The second kappa shape index (κ2) is 6.08. The lowest BCUT2D eigenvalue weighted by Crippen LogP contribution is -2.45. The fourth-order valence-corrected chi connectivity index (χ4v) is 2.00. The summed E-state index contributed by atoms with van der Waals surface area (Å²) < 4.78 is 5.23. The molecule has 1 aliphatic carbocycles. The van der Waals surface area contributed by atoms with Gasteiger partial charge in [-0.3, -0.25) is 4.79 Å². The lowest BCUT2D eigenvalue weighted by molar-refractivity contribution is -0.132. The van der Waals surface area contributed by atoms with E-state index in [0.29, 0.717) is 6.61 Å². The van der Waals surface area contributed by atoms with E-state index in [-0.39, 0.29) is 24.1 Å². The van der Waals surface area contributed by atoms with Crippen LogP contribution in [0.4, 0.5) is 0 Å². The maximum absolute atomic E-state index is 11.6. The molecule has 1 fully saturated rings. The Bertz CT molecular complexity index is 209. The predicted molar refractivity (Wildman–Crippen MR) is 59.5 cm³/mol. The van der Waals surface area contributed by atoms with Gasteiger partial charge in [-0.15, -0.1) is 0 Å². The van der Waals surface area contributed by atoms with Gasteiger partial charge in [-0.05, 0) is 39.5 Å². The fourth-order valence-electron chi connectivity index (χ4n) is 2.00. The van der Waals surface area contributed by atoms with E-state index >= 15 is 0 Å². The monoisotopic (exact) mass is 214 g/mol. The maximum Gasteiger partial charge on any atom is 0.249 e. The van der Waals surface area contributed by atoms with Gasteiger partial charge < -0.3 is 15.8 Å². The van der Waals surface area contributed by atoms with Crippen LogP contribution >= 0.6 is 0 Å². The third kappa shape index (κ3) is 4.18. The number of rotatable bonds is 4.